The van der Waals surface area contributed by atoms with Crippen LogP contribution in [0.25, 0.3) is 0 Å². The maximum absolute atomic E-state index is 5.97. The maximum Gasteiger partial charge on any atom is 0.175 e. The van der Waals surface area contributed by atoms with Crippen molar-refractivity contribution in [2.24, 2.45) is 0 Å². The molecule has 0 heterocycles. The topological polar surface area (TPSA) is 24.1 Å². The number of halogens is 1. The van der Waals surface area contributed by atoms with Crippen LogP contribution in [0.1, 0.15) is 11.1 Å². The average molecular weight is 291 g/mol. The Kier molecular flexibility index (Phi) is 4.40. The predicted molar refractivity (Wildman–Crippen MR) is 87.2 cm³/mol. The fraction of sp³-hybridized carbons (Fsp3) is 0.133. The summed E-state index contributed by atoms with van der Waals surface area (Å²) < 4.78 is 0. The Morgan fingerprint density at radius 1 is 1.00 bits per heavy atom. The minimum atomic E-state index is 0.550. The van der Waals surface area contributed by atoms with Gasteiger partial charge in [0.15, 0.2) is 5.11 Å². The number of benzene rings is 2. The molecule has 0 aliphatic carbocycles. The van der Waals surface area contributed by atoms with Gasteiger partial charge in [0.1, 0.15) is 0 Å². The van der Waals surface area contributed by atoms with E-state index in [0.29, 0.717) is 10.1 Å². The summed E-state index contributed by atoms with van der Waals surface area (Å²) in [6.45, 7) is 4.06. The molecular formula is C15H15ClN2S. The molecule has 0 aliphatic rings. The summed E-state index contributed by atoms with van der Waals surface area (Å²) in [6, 6.07) is 13.7. The summed E-state index contributed by atoms with van der Waals surface area (Å²) in [5, 5.41) is 7.53. The van der Waals surface area contributed by atoms with Crippen molar-refractivity contribution >= 4 is 40.3 Å². The van der Waals surface area contributed by atoms with Gasteiger partial charge in [-0.1, -0.05) is 35.4 Å². The van der Waals surface area contributed by atoms with E-state index >= 15 is 0 Å². The van der Waals surface area contributed by atoms with Crippen molar-refractivity contribution in [1.82, 2.24) is 0 Å². The maximum atomic E-state index is 5.97. The van der Waals surface area contributed by atoms with E-state index in [9.17, 15) is 0 Å². The zero-order valence-electron chi connectivity index (χ0n) is 10.8. The summed E-state index contributed by atoms with van der Waals surface area (Å²) >= 11 is 11.3. The molecule has 2 rings (SSSR count). The molecule has 0 unspecified atom stereocenters. The van der Waals surface area contributed by atoms with Gasteiger partial charge in [0, 0.05) is 16.4 Å². The molecule has 2 aromatic carbocycles. The lowest BCUT2D eigenvalue weighted by Crippen LogP contribution is -2.19. The highest BCUT2D eigenvalue weighted by molar-refractivity contribution is 7.80. The van der Waals surface area contributed by atoms with E-state index in [1.807, 2.05) is 49.4 Å². The summed E-state index contributed by atoms with van der Waals surface area (Å²) in [6.07, 6.45) is 0. The fourth-order valence-corrected chi connectivity index (χ4v) is 2.05. The number of rotatable bonds is 2. The second kappa shape index (κ2) is 6.04. The van der Waals surface area contributed by atoms with Crippen LogP contribution in [-0.4, -0.2) is 5.11 Å². The van der Waals surface area contributed by atoms with Gasteiger partial charge in [0.2, 0.25) is 0 Å². The molecule has 2 N–H and O–H groups in total. The van der Waals surface area contributed by atoms with Gasteiger partial charge in [-0.05, 0) is 55.9 Å². The van der Waals surface area contributed by atoms with Crippen LogP contribution in [0.4, 0.5) is 11.4 Å². The van der Waals surface area contributed by atoms with Crippen LogP contribution in [0.3, 0.4) is 0 Å². The second-order valence-electron chi connectivity index (χ2n) is 4.40. The summed E-state index contributed by atoms with van der Waals surface area (Å²) in [4.78, 5) is 0. The monoisotopic (exact) mass is 290 g/mol. The number of hydrogen-bond acceptors (Lipinski definition) is 1. The molecule has 0 bridgehead atoms. The lowest BCUT2D eigenvalue weighted by Gasteiger charge is -2.13. The van der Waals surface area contributed by atoms with Crippen LogP contribution in [0.2, 0.25) is 5.02 Å². The van der Waals surface area contributed by atoms with Gasteiger partial charge in [-0.2, -0.15) is 0 Å². The Morgan fingerprint density at radius 2 is 1.68 bits per heavy atom. The van der Waals surface area contributed by atoms with Gasteiger partial charge in [-0.15, -0.1) is 0 Å². The van der Waals surface area contributed by atoms with Gasteiger partial charge in [-0.3, -0.25) is 0 Å². The lowest BCUT2D eigenvalue weighted by molar-refractivity contribution is 1.45. The molecule has 0 spiro atoms. The smallest absolute Gasteiger partial charge is 0.175 e. The molecule has 19 heavy (non-hydrogen) atoms. The number of thiocarbonyl (C=S) groups is 1. The molecule has 0 fully saturated rings. The van der Waals surface area contributed by atoms with Crippen LogP contribution < -0.4 is 10.6 Å². The second-order valence-corrected chi connectivity index (χ2v) is 5.25. The fourth-order valence-electron chi connectivity index (χ4n) is 1.65. The molecule has 4 heteroatoms. The summed E-state index contributed by atoms with van der Waals surface area (Å²) in [5.41, 5.74) is 4.19. The lowest BCUT2D eigenvalue weighted by atomic mass is 10.2. The number of anilines is 2. The highest BCUT2D eigenvalue weighted by atomic mass is 35.5. The van der Waals surface area contributed by atoms with Crippen LogP contribution in [0.5, 0.6) is 0 Å². The first-order chi connectivity index (χ1) is 9.04. The van der Waals surface area contributed by atoms with Crippen LogP contribution in [-0.2, 0) is 0 Å². The molecule has 0 saturated carbocycles. The van der Waals surface area contributed by atoms with Crippen molar-refractivity contribution in [3.05, 3.63) is 58.6 Å². The minimum Gasteiger partial charge on any atom is -0.332 e. The molecule has 0 radical (unpaired) electrons. The zero-order valence-corrected chi connectivity index (χ0v) is 12.4. The Bertz CT molecular complexity index is 594. The third-order valence-corrected chi connectivity index (χ3v) is 3.20. The molecule has 0 amide bonds. The van der Waals surface area contributed by atoms with E-state index in [2.05, 4.69) is 17.6 Å². The third kappa shape index (κ3) is 3.94. The molecular weight excluding hydrogens is 276 g/mol. The van der Waals surface area contributed by atoms with E-state index in [-0.39, 0.29) is 0 Å². The van der Waals surface area contributed by atoms with Crippen molar-refractivity contribution in [3.63, 3.8) is 0 Å². The van der Waals surface area contributed by atoms with E-state index < -0.39 is 0 Å². The van der Waals surface area contributed by atoms with E-state index in [1.165, 1.54) is 5.56 Å². The third-order valence-electron chi connectivity index (χ3n) is 2.76. The van der Waals surface area contributed by atoms with Crippen LogP contribution in [0, 0.1) is 13.8 Å². The number of aryl methyl sites for hydroxylation is 2. The quantitative estimate of drug-likeness (QED) is 0.779. The Morgan fingerprint density at radius 3 is 2.37 bits per heavy atom. The molecule has 98 valence electrons. The van der Waals surface area contributed by atoms with E-state index in [4.69, 9.17) is 23.8 Å². The first-order valence-corrected chi connectivity index (χ1v) is 6.74. The largest absolute Gasteiger partial charge is 0.332 e. The SMILES string of the molecule is Cc1ccc(NC(=S)Nc2cc(Cl)ccc2C)cc1. The Balaban J connectivity index is 2.05. The van der Waals surface area contributed by atoms with Crippen LogP contribution >= 0.6 is 23.8 Å². The molecule has 0 aliphatic heterocycles. The van der Waals surface area contributed by atoms with Gasteiger partial charge < -0.3 is 10.6 Å². The van der Waals surface area contributed by atoms with Gasteiger partial charge >= 0.3 is 0 Å². The molecule has 0 saturated heterocycles. The first kappa shape index (κ1) is 13.8. The summed E-state index contributed by atoms with van der Waals surface area (Å²) in [7, 11) is 0. The summed E-state index contributed by atoms with van der Waals surface area (Å²) in [5.74, 6) is 0. The average Bonchev–Trinajstić information content (AvgIpc) is 2.37. The Hall–Kier alpha value is -1.58. The van der Waals surface area contributed by atoms with Gasteiger partial charge in [-0.25, -0.2) is 0 Å². The van der Waals surface area contributed by atoms with Crippen molar-refractivity contribution in [3.8, 4) is 0 Å². The number of nitrogens with one attached hydrogen (secondary N) is 2. The van der Waals surface area contributed by atoms with Crippen molar-refractivity contribution in [1.29, 1.82) is 0 Å². The van der Waals surface area contributed by atoms with Crippen molar-refractivity contribution in [2.75, 3.05) is 10.6 Å². The van der Waals surface area contributed by atoms with E-state index in [1.54, 1.807) is 0 Å². The highest BCUT2D eigenvalue weighted by Crippen LogP contribution is 2.20. The van der Waals surface area contributed by atoms with E-state index in [0.717, 1.165) is 16.9 Å². The Labute approximate surface area is 123 Å². The standard InChI is InChI=1S/C15H15ClN2S/c1-10-3-7-13(8-4-10)17-15(19)18-14-9-12(16)6-5-11(14)2/h3-9H,1-2H3,(H2,17,18,19). The minimum absolute atomic E-state index is 0.550. The highest BCUT2D eigenvalue weighted by Gasteiger charge is 2.02. The van der Waals surface area contributed by atoms with Gasteiger partial charge in [0.05, 0.1) is 0 Å². The molecule has 2 aromatic rings. The first-order valence-electron chi connectivity index (χ1n) is 5.95. The zero-order chi connectivity index (χ0) is 13.8. The van der Waals surface area contributed by atoms with Crippen LogP contribution in [0.15, 0.2) is 42.5 Å². The van der Waals surface area contributed by atoms with Crippen molar-refractivity contribution < 1.29 is 0 Å². The molecule has 0 atom stereocenters. The number of hydrogen-bond donors (Lipinski definition) is 2. The van der Waals surface area contributed by atoms with Crippen molar-refractivity contribution in [2.45, 2.75) is 13.8 Å². The predicted octanol–water partition coefficient (Wildman–Crippen LogP) is 4.77. The van der Waals surface area contributed by atoms with Gasteiger partial charge in [0.25, 0.3) is 0 Å². The molecule has 0 aromatic heterocycles. The normalized spacial score (nSPS) is 10.1. The molecule has 2 nitrogen and oxygen atoms in total.